The molecule has 1 radical (unpaired) electrons. The average Bonchev–Trinajstić information content (AvgIpc) is 2.05. The van der Waals surface area contributed by atoms with E-state index in [0.717, 1.165) is 0 Å². The number of benzene rings is 1. The van der Waals surface area contributed by atoms with Crippen molar-refractivity contribution in [1.82, 2.24) is 0 Å². The van der Waals surface area contributed by atoms with Gasteiger partial charge in [-0.25, -0.2) is 0 Å². The SMILES string of the molecule is CC(c1ccccc1)[Si](Cl)Cl. The van der Waals surface area contributed by atoms with Crippen molar-refractivity contribution in [3.63, 3.8) is 0 Å². The molecule has 1 atom stereocenters. The van der Waals surface area contributed by atoms with Gasteiger partial charge in [0.15, 0.2) is 0 Å². The van der Waals surface area contributed by atoms with Gasteiger partial charge in [0.05, 0.1) is 0 Å². The number of hydrogen-bond donors (Lipinski definition) is 0. The van der Waals surface area contributed by atoms with Crippen molar-refractivity contribution in [2.45, 2.75) is 12.5 Å². The summed E-state index contributed by atoms with van der Waals surface area (Å²) < 4.78 is 0. The summed E-state index contributed by atoms with van der Waals surface area (Å²) in [5.41, 5.74) is 1.54. The highest BCUT2D eigenvalue weighted by atomic mass is 35.7. The quantitative estimate of drug-likeness (QED) is 0.512. The Bertz CT molecular complexity index is 211. The van der Waals surface area contributed by atoms with Crippen LogP contribution in [0.1, 0.15) is 18.0 Å². The molecule has 1 aromatic carbocycles. The first-order chi connectivity index (χ1) is 5.22. The van der Waals surface area contributed by atoms with Crippen LogP contribution in [0.15, 0.2) is 30.3 Å². The summed E-state index contributed by atoms with van der Waals surface area (Å²) in [5.74, 6) is 0. The second-order valence-electron chi connectivity index (χ2n) is 2.42. The lowest BCUT2D eigenvalue weighted by Crippen LogP contribution is -2.06. The zero-order valence-electron chi connectivity index (χ0n) is 6.22. The Hall–Kier alpha value is 0.0169. The van der Waals surface area contributed by atoms with E-state index in [9.17, 15) is 0 Å². The monoisotopic (exact) mass is 203 g/mol. The third-order valence-corrected chi connectivity index (χ3v) is 4.58. The second kappa shape index (κ2) is 4.15. The van der Waals surface area contributed by atoms with Crippen LogP contribution >= 0.6 is 22.2 Å². The van der Waals surface area contributed by atoms with Gasteiger partial charge in [-0.15, -0.1) is 22.2 Å². The summed E-state index contributed by atoms with van der Waals surface area (Å²) in [4.78, 5) is 0. The first-order valence-electron chi connectivity index (χ1n) is 3.44. The number of rotatable bonds is 2. The lowest BCUT2D eigenvalue weighted by Gasteiger charge is -2.09. The topological polar surface area (TPSA) is 0 Å². The fourth-order valence-corrected chi connectivity index (χ4v) is 2.07. The van der Waals surface area contributed by atoms with Crippen LogP contribution < -0.4 is 0 Å². The summed E-state index contributed by atoms with van der Waals surface area (Å²) in [6.07, 6.45) is 0. The minimum Gasteiger partial charge on any atom is -0.146 e. The molecular formula is C8H9Cl2Si. The largest absolute Gasteiger partial charge is 0.281 e. The van der Waals surface area contributed by atoms with Crippen LogP contribution in [-0.2, 0) is 0 Å². The van der Waals surface area contributed by atoms with Crippen LogP contribution in [0, 0.1) is 0 Å². The zero-order valence-corrected chi connectivity index (χ0v) is 8.73. The van der Waals surface area contributed by atoms with E-state index in [1.165, 1.54) is 5.56 Å². The summed E-state index contributed by atoms with van der Waals surface area (Å²) >= 11 is 11.7. The lowest BCUT2D eigenvalue weighted by atomic mass is 10.2. The Balaban J connectivity index is 2.77. The minimum atomic E-state index is -1.22. The van der Waals surface area contributed by atoms with Crippen LogP contribution in [0.4, 0.5) is 0 Å². The van der Waals surface area contributed by atoms with E-state index in [1.54, 1.807) is 0 Å². The summed E-state index contributed by atoms with van der Waals surface area (Å²) in [6, 6.07) is 10.1. The highest BCUT2D eigenvalue weighted by Crippen LogP contribution is 2.21. The van der Waals surface area contributed by atoms with Gasteiger partial charge in [-0.05, 0) is 5.56 Å². The molecule has 0 aliphatic rings. The zero-order chi connectivity index (χ0) is 8.27. The Labute approximate surface area is 78.2 Å². The Kier molecular flexibility index (Phi) is 3.43. The van der Waals surface area contributed by atoms with Gasteiger partial charge in [-0.2, -0.15) is 0 Å². The molecule has 1 rings (SSSR count). The fourth-order valence-electron chi connectivity index (χ4n) is 0.868. The van der Waals surface area contributed by atoms with Gasteiger partial charge < -0.3 is 0 Å². The van der Waals surface area contributed by atoms with Crippen molar-refractivity contribution in [2.24, 2.45) is 0 Å². The molecule has 0 fully saturated rings. The molecule has 0 amide bonds. The van der Waals surface area contributed by atoms with E-state index < -0.39 is 7.42 Å². The first kappa shape index (κ1) is 9.11. The maximum atomic E-state index is 5.83. The van der Waals surface area contributed by atoms with E-state index in [1.807, 2.05) is 18.2 Å². The van der Waals surface area contributed by atoms with Gasteiger partial charge >= 0.3 is 0 Å². The molecule has 0 saturated heterocycles. The molecule has 0 heterocycles. The highest BCUT2D eigenvalue weighted by molar-refractivity contribution is 7.34. The third kappa shape index (κ3) is 2.51. The molecule has 11 heavy (non-hydrogen) atoms. The number of hydrogen-bond acceptors (Lipinski definition) is 0. The molecule has 0 spiro atoms. The first-order valence-corrected chi connectivity index (χ1v) is 7.04. The van der Waals surface area contributed by atoms with Crippen molar-refractivity contribution in [2.75, 3.05) is 0 Å². The molecule has 3 heteroatoms. The molecule has 0 N–H and O–H groups in total. The Morgan fingerprint density at radius 2 is 1.73 bits per heavy atom. The summed E-state index contributed by atoms with van der Waals surface area (Å²) in [6.45, 7) is 2.06. The van der Waals surface area contributed by atoms with Crippen molar-refractivity contribution in [3.8, 4) is 0 Å². The van der Waals surface area contributed by atoms with E-state index in [0.29, 0.717) is 5.54 Å². The lowest BCUT2D eigenvalue weighted by molar-refractivity contribution is 1.07. The summed E-state index contributed by atoms with van der Waals surface area (Å²) in [5, 5.41) is 0. The molecule has 1 unspecified atom stereocenters. The van der Waals surface area contributed by atoms with Crippen LogP contribution in [0.3, 0.4) is 0 Å². The summed E-state index contributed by atoms with van der Waals surface area (Å²) in [7, 11) is -1.22. The molecule has 0 aromatic heterocycles. The maximum Gasteiger partial charge on any atom is 0.281 e. The van der Waals surface area contributed by atoms with Gasteiger partial charge in [-0.1, -0.05) is 37.3 Å². The van der Waals surface area contributed by atoms with Crippen molar-refractivity contribution in [3.05, 3.63) is 35.9 Å². The molecule has 0 aliphatic carbocycles. The Morgan fingerprint density at radius 1 is 1.18 bits per heavy atom. The van der Waals surface area contributed by atoms with Crippen LogP contribution in [-0.4, -0.2) is 7.42 Å². The smallest absolute Gasteiger partial charge is 0.146 e. The maximum absolute atomic E-state index is 5.83. The molecule has 0 aliphatic heterocycles. The van der Waals surface area contributed by atoms with Gasteiger partial charge in [0.2, 0.25) is 0 Å². The Morgan fingerprint density at radius 3 is 2.18 bits per heavy atom. The molecular weight excluding hydrogens is 195 g/mol. The highest BCUT2D eigenvalue weighted by Gasteiger charge is 2.15. The van der Waals surface area contributed by atoms with Crippen molar-refractivity contribution in [1.29, 1.82) is 0 Å². The molecule has 0 bridgehead atoms. The standard InChI is InChI=1S/C8H9Cl2Si/c1-7(11(9)10)8-5-3-2-4-6-8/h2-7H,1H3. The van der Waals surface area contributed by atoms with Crippen LogP contribution in [0.25, 0.3) is 0 Å². The minimum absolute atomic E-state index is 0.310. The van der Waals surface area contributed by atoms with E-state index in [2.05, 4.69) is 19.1 Å². The van der Waals surface area contributed by atoms with Gasteiger partial charge in [0.25, 0.3) is 7.42 Å². The number of halogens is 2. The average molecular weight is 204 g/mol. The van der Waals surface area contributed by atoms with Crippen molar-refractivity contribution < 1.29 is 0 Å². The molecule has 0 saturated carbocycles. The van der Waals surface area contributed by atoms with Crippen LogP contribution in [0.2, 0.25) is 0 Å². The van der Waals surface area contributed by atoms with E-state index >= 15 is 0 Å². The normalized spacial score (nSPS) is 13.5. The van der Waals surface area contributed by atoms with E-state index in [4.69, 9.17) is 22.2 Å². The van der Waals surface area contributed by atoms with Crippen molar-refractivity contribution >= 4 is 29.6 Å². The second-order valence-corrected chi connectivity index (χ2v) is 6.89. The van der Waals surface area contributed by atoms with Crippen LogP contribution in [0.5, 0.6) is 0 Å². The van der Waals surface area contributed by atoms with Gasteiger partial charge in [-0.3, -0.25) is 0 Å². The van der Waals surface area contributed by atoms with E-state index in [-0.39, 0.29) is 0 Å². The fraction of sp³-hybridized carbons (Fsp3) is 0.250. The predicted molar refractivity (Wildman–Crippen MR) is 52.3 cm³/mol. The molecule has 59 valence electrons. The molecule has 1 aromatic rings. The van der Waals surface area contributed by atoms with Gasteiger partial charge in [0, 0.05) is 5.54 Å². The van der Waals surface area contributed by atoms with Gasteiger partial charge in [0.1, 0.15) is 0 Å². The predicted octanol–water partition coefficient (Wildman–Crippen LogP) is 3.30. The third-order valence-electron chi connectivity index (χ3n) is 1.63. The molecule has 0 nitrogen and oxygen atoms in total.